The van der Waals surface area contributed by atoms with Crippen LogP contribution in [-0.2, 0) is 0 Å². The van der Waals surface area contributed by atoms with Crippen molar-refractivity contribution in [1.29, 1.82) is 0 Å². The van der Waals surface area contributed by atoms with Gasteiger partial charge in [0.2, 0.25) is 5.95 Å². The summed E-state index contributed by atoms with van der Waals surface area (Å²) in [4.78, 5) is 13.4. The third-order valence-corrected chi connectivity index (χ3v) is 5.18. The number of aliphatic hydroxyl groups is 1. The fraction of sp³-hybridized carbons (Fsp3) is 0.438. The van der Waals surface area contributed by atoms with Gasteiger partial charge in [0.25, 0.3) is 0 Å². The number of nitrogens with two attached hydrogens (primary N) is 1. The van der Waals surface area contributed by atoms with Crippen LogP contribution in [0.5, 0.6) is 0 Å². The van der Waals surface area contributed by atoms with E-state index in [2.05, 4.69) is 33.4 Å². The molecule has 0 spiro atoms. The van der Waals surface area contributed by atoms with Crippen LogP contribution in [0.3, 0.4) is 0 Å². The average molecular weight is 368 g/mol. The van der Waals surface area contributed by atoms with Gasteiger partial charge in [-0.3, -0.25) is 4.99 Å². The van der Waals surface area contributed by atoms with Crippen molar-refractivity contribution in [2.75, 3.05) is 24.7 Å². The Morgan fingerprint density at radius 3 is 2.88 bits per heavy atom. The van der Waals surface area contributed by atoms with E-state index in [0.717, 1.165) is 24.2 Å². The summed E-state index contributed by atoms with van der Waals surface area (Å²) in [6.45, 7) is 7.80. The molecule has 1 heterocycles. The standard InChI is InChI=1S/C16H22ClN5OS/c1-4-9(2)24-15(19-3)12-13(17)21-16(18)22-14(12)20-11-6-5-10(7-11)8-23/h4,10-11,23H,1-2,5-8H2,3H3,(H3,18,20,21,22)/t10?,11-/m0/s1. The molecule has 2 atom stereocenters. The van der Waals surface area contributed by atoms with E-state index in [9.17, 15) is 5.11 Å². The summed E-state index contributed by atoms with van der Waals surface area (Å²) in [5.41, 5.74) is 6.36. The van der Waals surface area contributed by atoms with Crippen LogP contribution in [0.15, 0.2) is 29.1 Å². The SMILES string of the molecule is C=CC(=C)SC(=NC)c1c(Cl)nc(N)nc1N[C@H]1CCC(CO)C1. The maximum absolute atomic E-state index is 9.31. The number of aliphatic hydroxyl groups excluding tert-OH is 1. The zero-order valence-corrected chi connectivity index (χ0v) is 15.2. The Kier molecular flexibility index (Phi) is 6.65. The number of hydrogen-bond donors (Lipinski definition) is 3. The van der Waals surface area contributed by atoms with E-state index >= 15 is 0 Å². The lowest BCUT2D eigenvalue weighted by Crippen LogP contribution is -2.20. The molecule has 0 amide bonds. The first-order chi connectivity index (χ1) is 11.5. The minimum Gasteiger partial charge on any atom is -0.396 e. The molecule has 1 aliphatic carbocycles. The van der Waals surface area contributed by atoms with Gasteiger partial charge in [-0.1, -0.05) is 42.6 Å². The molecule has 1 fully saturated rings. The molecule has 6 nitrogen and oxygen atoms in total. The maximum atomic E-state index is 9.31. The highest BCUT2D eigenvalue weighted by Crippen LogP contribution is 2.33. The predicted molar refractivity (Wildman–Crippen MR) is 103 cm³/mol. The van der Waals surface area contributed by atoms with Gasteiger partial charge in [0.05, 0.1) is 5.56 Å². The Morgan fingerprint density at radius 2 is 2.29 bits per heavy atom. The second-order valence-corrected chi connectivity index (χ2v) is 7.07. The molecule has 0 bridgehead atoms. The van der Waals surface area contributed by atoms with Gasteiger partial charge in [-0.25, -0.2) is 4.98 Å². The predicted octanol–water partition coefficient (Wildman–Crippen LogP) is 3.09. The quantitative estimate of drug-likeness (QED) is 0.309. The number of nitrogens with one attached hydrogen (secondary N) is 1. The highest BCUT2D eigenvalue weighted by Gasteiger charge is 2.27. The molecule has 0 radical (unpaired) electrons. The molecule has 1 unspecified atom stereocenters. The average Bonchev–Trinajstić information content (AvgIpc) is 3.00. The van der Waals surface area contributed by atoms with Crippen molar-refractivity contribution in [2.45, 2.75) is 25.3 Å². The molecule has 8 heteroatoms. The zero-order valence-electron chi connectivity index (χ0n) is 13.6. The van der Waals surface area contributed by atoms with Crippen LogP contribution in [-0.4, -0.2) is 39.8 Å². The maximum Gasteiger partial charge on any atom is 0.223 e. The molecular weight excluding hydrogens is 346 g/mol. The normalized spacial score (nSPS) is 20.9. The molecule has 24 heavy (non-hydrogen) atoms. The van der Waals surface area contributed by atoms with Crippen molar-refractivity contribution >= 4 is 40.2 Å². The van der Waals surface area contributed by atoms with E-state index in [1.807, 2.05) is 0 Å². The van der Waals surface area contributed by atoms with Crippen LogP contribution >= 0.6 is 23.4 Å². The molecule has 0 aliphatic heterocycles. The van der Waals surface area contributed by atoms with E-state index < -0.39 is 0 Å². The number of nitrogen functional groups attached to an aromatic ring is 1. The van der Waals surface area contributed by atoms with Crippen LogP contribution in [0.4, 0.5) is 11.8 Å². The second-order valence-electron chi connectivity index (χ2n) is 5.60. The molecule has 1 aromatic heterocycles. The summed E-state index contributed by atoms with van der Waals surface area (Å²) >= 11 is 7.66. The third kappa shape index (κ3) is 4.49. The van der Waals surface area contributed by atoms with Gasteiger partial charge < -0.3 is 16.2 Å². The van der Waals surface area contributed by atoms with E-state index in [4.69, 9.17) is 17.3 Å². The van der Waals surface area contributed by atoms with Gasteiger partial charge in [-0.15, -0.1) is 0 Å². The number of aromatic nitrogens is 2. The lowest BCUT2D eigenvalue weighted by molar-refractivity contribution is 0.229. The van der Waals surface area contributed by atoms with Gasteiger partial charge in [-0.05, 0) is 25.2 Å². The number of nitrogens with zero attached hydrogens (tertiary/aromatic N) is 3. The Bertz CT molecular complexity index is 664. The highest BCUT2D eigenvalue weighted by molar-refractivity contribution is 8.17. The van der Waals surface area contributed by atoms with Crippen molar-refractivity contribution in [3.63, 3.8) is 0 Å². The van der Waals surface area contributed by atoms with Crippen molar-refractivity contribution in [3.8, 4) is 0 Å². The van der Waals surface area contributed by atoms with Crippen LogP contribution in [0.2, 0.25) is 5.15 Å². The summed E-state index contributed by atoms with van der Waals surface area (Å²) in [6.07, 6.45) is 4.46. The Morgan fingerprint density at radius 1 is 1.54 bits per heavy atom. The number of rotatable bonds is 6. The molecular formula is C16H22ClN5OS. The largest absolute Gasteiger partial charge is 0.396 e. The second kappa shape index (κ2) is 8.50. The van der Waals surface area contributed by atoms with Crippen LogP contribution in [0.25, 0.3) is 0 Å². The van der Waals surface area contributed by atoms with E-state index in [1.54, 1.807) is 13.1 Å². The number of anilines is 2. The summed E-state index contributed by atoms with van der Waals surface area (Å²) in [5, 5.41) is 13.6. The molecule has 1 aliphatic rings. The number of allylic oxidation sites excluding steroid dienone is 1. The molecule has 130 valence electrons. The minimum atomic E-state index is 0.103. The molecule has 2 rings (SSSR count). The van der Waals surface area contributed by atoms with E-state index in [0.29, 0.717) is 22.3 Å². The van der Waals surface area contributed by atoms with Gasteiger partial charge in [0, 0.05) is 24.6 Å². The summed E-state index contributed by atoms with van der Waals surface area (Å²) in [6, 6.07) is 0.206. The van der Waals surface area contributed by atoms with Crippen LogP contribution < -0.4 is 11.1 Å². The van der Waals surface area contributed by atoms with Gasteiger partial charge in [0.15, 0.2) is 0 Å². The Labute approximate surface area is 151 Å². The number of hydrogen-bond acceptors (Lipinski definition) is 7. The highest BCUT2D eigenvalue weighted by atomic mass is 35.5. The molecule has 4 N–H and O–H groups in total. The van der Waals surface area contributed by atoms with Gasteiger partial charge in [0.1, 0.15) is 16.0 Å². The Balaban J connectivity index is 2.33. The Hall–Kier alpha value is -1.57. The van der Waals surface area contributed by atoms with E-state index in [1.165, 1.54) is 11.8 Å². The molecule has 0 aromatic carbocycles. The first kappa shape index (κ1) is 18.8. The molecule has 0 saturated heterocycles. The molecule has 1 aromatic rings. The monoisotopic (exact) mass is 367 g/mol. The zero-order chi connectivity index (χ0) is 17.7. The van der Waals surface area contributed by atoms with Crippen molar-refractivity contribution < 1.29 is 5.11 Å². The number of aliphatic imine (C=N–C) groups is 1. The van der Waals surface area contributed by atoms with E-state index in [-0.39, 0.29) is 23.8 Å². The number of halogens is 1. The summed E-state index contributed by atoms with van der Waals surface area (Å²) in [5.74, 6) is 0.974. The smallest absolute Gasteiger partial charge is 0.223 e. The minimum absolute atomic E-state index is 0.103. The van der Waals surface area contributed by atoms with Crippen LogP contribution in [0, 0.1) is 5.92 Å². The number of thioether (sulfide) groups is 1. The fourth-order valence-electron chi connectivity index (χ4n) is 2.68. The molecule has 1 saturated carbocycles. The van der Waals surface area contributed by atoms with Gasteiger partial charge in [-0.2, -0.15) is 4.98 Å². The van der Waals surface area contributed by atoms with Crippen molar-refractivity contribution in [2.24, 2.45) is 10.9 Å². The lowest BCUT2D eigenvalue weighted by atomic mass is 10.1. The van der Waals surface area contributed by atoms with Crippen molar-refractivity contribution in [3.05, 3.63) is 34.9 Å². The first-order valence-electron chi connectivity index (χ1n) is 7.65. The lowest BCUT2D eigenvalue weighted by Gasteiger charge is -2.18. The van der Waals surface area contributed by atoms with Gasteiger partial charge >= 0.3 is 0 Å². The first-order valence-corrected chi connectivity index (χ1v) is 8.84. The van der Waals surface area contributed by atoms with Crippen LogP contribution in [0.1, 0.15) is 24.8 Å². The fourth-order valence-corrected chi connectivity index (χ4v) is 3.72. The summed E-state index contributed by atoms with van der Waals surface area (Å²) < 4.78 is 0. The third-order valence-electron chi connectivity index (χ3n) is 3.89. The topological polar surface area (TPSA) is 96.4 Å². The summed E-state index contributed by atoms with van der Waals surface area (Å²) in [7, 11) is 1.67. The van der Waals surface area contributed by atoms with Crippen molar-refractivity contribution in [1.82, 2.24) is 9.97 Å².